The number of likely N-dealkylation sites (N-methyl/N-ethyl adjacent to an activating group) is 1. The van der Waals surface area contributed by atoms with E-state index in [-0.39, 0.29) is 5.91 Å². The van der Waals surface area contributed by atoms with Crippen LogP contribution in [-0.2, 0) is 4.79 Å². The van der Waals surface area contributed by atoms with Gasteiger partial charge in [-0.3, -0.25) is 9.69 Å². The quantitative estimate of drug-likeness (QED) is 0.638. The van der Waals surface area contributed by atoms with E-state index in [9.17, 15) is 4.79 Å². The van der Waals surface area contributed by atoms with Crippen molar-refractivity contribution in [3.8, 4) is 0 Å². The van der Waals surface area contributed by atoms with E-state index in [4.69, 9.17) is 5.73 Å². The average molecular weight is 283 g/mol. The first-order valence-corrected chi connectivity index (χ1v) is 8.25. The number of nitrogens with two attached hydrogens (primary N) is 1. The predicted octanol–water partition coefficient (Wildman–Crippen LogP) is 2.27. The molecule has 1 aliphatic heterocycles. The lowest BCUT2D eigenvalue weighted by Crippen LogP contribution is -2.53. The number of unbranched alkanes of at least 4 members (excludes halogenated alkanes) is 1. The first-order valence-electron chi connectivity index (χ1n) is 8.25. The fourth-order valence-corrected chi connectivity index (χ4v) is 3.43. The van der Waals surface area contributed by atoms with Gasteiger partial charge in [-0.15, -0.1) is 0 Å². The van der Waals surface area contributed by atoms with Crippen molar-refractivity contribution in [1.29, 1.82) is 0 Å². The topological polar surface area (TPSA) is 58.4 Å². The normalized spacial score (nSPS) is 26.6. The van der Waals surface area contributed by atoms with Crippen LogP contribution >= 0.6 is 0 Å². The van der Waals surface area contributed by atoms with E-state index in [0.29, 0.717) is 0 Å². The summed E-state index contributed by atoms with van der Waals surface area (Å²) in [6.07, 6.45) is 6.94. The molecule has 3 atom stereocenters. The Balaban J connectivity index is 2.35. The highest BCUT2D eigenvalue weighted by atomic mass is 16.1. The van der Waals surface area contributed by atoms with E-state index in [1.165, 1.54) is 19.3 Å². The van der Waals surface area contributed by atoms with E-state index >= 15 is 0 Å². The summed E-state index contributed by atoms with van der Waals surface area (Å²) in [5.74, 6) is -0.236. The number of primary amides is 1. The third-order valence-electron chi connectivity index (χ3n) is 4.88. The number of nitrogens with one attached hydrogen (secondary N) is 1. The molecule has 0 saturated carbocycles. The maximum Gasteiger partial charge on any atom is 0.237 e. The van der Waals surface area contributed by atoms with Crippen LogP contribution in [0.3, 0.4) is 0 Å². The minimum absolute atomic E-state index is 0.236. The molecule has 0 spiro atoms. The molecule has 118 valence electrons. The molecule has 20 heavy (non-hydrogen) atoms. The largest absolute Gasteiger partial charge is 0.368 e. The van der Waals surface area contributed by atoms with Crippen LogP contribution < -0.4 is 11.1 Å². The van der Waals surface area contributed by atoms with Crippen molar-refractivity contribution in [3.63, 3.8) is 0 Å². The number of hydrogen-bond acceptors (Lipinski definition) is 3. The van der Waals surface area contributed by atoms with Crippen molar-refractivity contribution >= 4 is 5.91 Å². The van der Waals surface area contributed by atoms with Gasteiger partial charge in [-0.25, -0.2) is 0 Å². The van der Waals surface area contributed by atoms with Crippen LogP contribution in [0.1, 0.15) is 66.2 Å². The summed E-state index contributed by atoms with van der Waals surface area (Å²) < 4.78 is 0. The lowest BCUT2D eigenvalue weighted by molar-refractivity contribution is -0.124. The van der Waals surface area contributed by atoms with Gasteiger partial charge < -0.3 is 11.1 Å². The fourth-order valence-electron chi connectivity index (χ4n) is 3.43. The summed E-state index contributed by atoms with van der Waals surface area (Å²) in [4.78, 5) is 14.2. The minimum Gasteiger partial charge on any atom is -0.368 e. The molecule has 3 N–H and O–H groups in total. The second-order valence-corrected chi connectivity index (χ2v) is 6.41. The highest BCUT2D eigenvalue weighted by molar-refractivity contribution is 5.84. The molecular weight excluding hydrogens is 250 g/mol. The van der Waals surface area contributed by atoms with Crippen LogP contribution in [0.15, 0.2) is 0 Å². The molecule has 4 heteroatoms. The summed E-state index contributed by atoms with van der Waals surface area (Å²) in [5.41, 5.74) is 4.97. The van der Waals surface area contributed by atoms with Gasteiger partial charge in [0.25, 0.3) is 0 Å². The van der Waals surface area contributed by atoms with Gasteiger partial charge in [-0.2, -0.15) is 0 Å². The Morgan fingerprint density at radius 3 is 2.60 bits per heavy atom. The highest BCUT2D eigenvalue weighted by Crippen LogP contribution is 2.26. The van der Waals surface area contributed by atoms with E-state index in [1.54, 1.807) is 0 Å². The standard InChI is InChI=1S/C16H33N3O/c1-5-14-10-9-13(3)19(14)12-8-7-11-16(4,15(17)20)18-6-2/h13-14,18H,5-12H2,1-4H3,(H2,17,20). The zero-order chi connectivity index (χ0) is 15.2. The minimum atomic E-state index is -0.546. The van der Waals surface area contributed by atoms with Gasteiger partial charge in [0.2, 0.25) is 5.91 Å². The first-order chi connectivity index (χ1) is 9.44. The zero-order valence-electron chi connectivity index (χ0n) is 13.7. The number of likely N-dealkylation sites (tertiary alicyclic amines) is 1. The zero-order valence-corrected chi connectivity index (χ0v) is 13.7. The van der Waals surface area contributed by atoms with Crippen molar-refractivity contribution in [2.45, 2.75) is 83.8 Å². The van der Waals surface area contributed by atoms with Crippen LogP contribution in [0, 0.1) is 0 Å². The van der Waals surface area contributed by atoms with Crippen molar-refractivity contribution in [1.82, 2.24) is 10.2 Å². The SMILES string of the molecule is CCNC(C)(CCCCN1C(C)CCC1CC)C(N)=O. The molecule has 1 heterocycles. The maximum absolute atomic E-state index is 11.6. The van der Waals surface area contributed by atoms with Crippen molar-refractivity contribution in [2.24, 2.45) is 5.73 Å². The van der Waals surface area contributed by atoms with Crippen LogP contribution in [0.2, 0.25) is 0 Å². The average Bonchev–Trinajstić information content (AvgIpc) is 2.75. The Morgan fingerprint density at radius 2 is 2.05 bits per heavy atom. The van der Waals surface area contributed by atoms with Crippen molar-refractivity contribution in [3.05, 3.63) is 0 Å². The monoisotopic (exact) mass is 283 g/mol. The third-order valence-corrected chi connectivity index (χ3v) is 4.88. The summed E-state index contributed by atoms with van der Waals surface area (Å²) >= 11 is 0. The molecule has 1 aliphatic rings. The van der Waals surface area contributed by atoms with Gasteiger partial charge in [-0.05, 0) is 65.5 Å². The molecule has 0 aromatic rings. The highest BCUT2D eigenvalue weighted by Gasteiger charge is 2.31. The number of carbonyl (C=O) groups is 1. The molecule has 0 aromatic carbocycles. The smallest absolute Gasteiger partial charge is 0.237 e. The second-order valence-electron chi connectivity index (χ2n) is 6.41. The lowest BCUT2D eigenvalue weighted by Gasteiger charge is -2.29. The molecule has 0 radical (unpaired) electrons. The molecule has 3 unspecified atom stereocenters. The van der Waals surface area contributed by atoms with Gasteiger partial charge >= 0.3 is 0 Å². The molecule has 0 aliphatic carbocycles. The summed E-state index contributed by atoms with van der Waals surface area (Å²) in [6.45, 7) is 10.5. The molecule has 1 rings (SSSR count). The van der Waals surface area contributed by atoms with Crippen molar-refractivity contribution in [2.75, 3.05) is 13.1 Å². The molecule has 1 saturated heterocycles. The maximum atomic E-state index is 11.6. The predicted molar refractivity (Wildman–Crippen MR) is 84.6 cm³/mol. The Hall–Kier alpha value is -0.610. The number of rotatable bonds is 9. The van der Waals surface area contributed by atoms with Gasteiger partial charge in [0, 0.05) is 12.1 Å². The van der Waals surface area contributed by atoms with Gasteiger partial charge in [0.15, 0.2) is 0 Å². The van der Waals surface area contributed by atoms with Crippen LogP contribution in [0.5, 0.6) is 0 Å². The number of carbonyl (C=O) groups excluding carboxylic acids is 1. The van der Waals surface area contributed by atoms with Crippen LogP contribution in [-0.4, -0.2) is 41.5 Å². The Labute approximate surface area is 124 Å². The van der Waals surface area contributed by atoms with E-state index < -0.39 is 5.54 Å². The van der Waals surface area contributed by atoms with Gasteiger partial charge in [-0.1, -0.05) is 13.8 Å². The molecule has 1 amide bonds. The molecular formula is C16H33N3O. The third kappa shape index (κ3) is 4.45. The Morgan fingerprint density at radius 1 is 1.35 bits per heavy atom. The second kappa shape index (κ2) is 7.99. The summed E-state index contributed by atoms with van der Waals surface area (Å²) in [7, 11) is 0. The Bertz CT molecular complexity index is 308. The molecule has 0 aromatic heterocycles. The van der Waals surface area contributed by atoms with Gasteiger partial charge in [0.1, 0.15) is 0 Å². The van der Waals surface area contributed by atoms with E-state index in [0.717, 1.165) is 44.4 Å². The Kier molecular flexibility index (Phi) is 6.96. The van der Waals surface area contributed by atoms with E-state index in [1.807, 2.05) is 13.8 Å². The molecule has 0 bridgehead atoms. The molecule has 1 fully saturated rings. The summed E-state index contributed by atoms with van der Waals surface area (Å²) in [6, 6.07) is 1.48. The van der Waals surface area contributed by atoms with E-state index in [2.05, 4.69) is 24.1 Å². The van der Waals surface area contributed by atoms with Crippen LogP contribution in [0.4, 0.5) is 0 Å². The van der Waals surface area contributed by atoms with Gasteiger partial charge in [0.05, 0.1) is 5.54 Å². The first kappa shape index (κ1) is 17.4. The van der Waals surface area contributed by atoms with Crippen LogP contribution in [0.25, 0.3) is 0 Å². The number of hydrogen-bond donors (Lipinski definition) is 2. The molecule has 4 nitrogen and oxygen atoms in total. The van der Waals surface area contributed by atoms with Crippen molar-refractivity contribution < 1.29 is 4.79 Å². The number of nitrogens with zero attached hydrogens (tertiary/aromatic N) is 1. The summed E-state index contributed by atoms with van der Waals surface area (Å²) in [5, 5.41) is 3.23. The fraction of sp³-hybridized carbons (Fsp3) is 0.938. The lowest BCUT2D eigenvalue weighted by atomic mass is 9.94. The number of amides is 1.